The van der Waals surface area contributed by atoms with Crippen molar-refractivity contribution >= 4 is 33.5 Å². The quantitative estimate of drug-likeness (QED) is 0.658. The first-order valence-corrected chi connectivity index (χ1v) is 8.25. The van der Waals surface area contributed by atoms with Crippen LogP contribution in [0.2, 0.25) is 0 Å². The van der Waals surface area contributed by atoms with E-state index in [0.29, 0.717) is 5.56 Å². The molecule has 0 bridgehead atoms. The van der Waals surface area contributed by atoms with Crippen molar-refractivity contribution in [2.45, 2.75) is 11.8 Å². The van der Waals surface area contributed by atoms with Gasteiger partial charge in [0, 0.05) is 15.3 Å². The van der Waals surface area contributed by atoms with Gasteiger partial charge in [-0.2, -0.15) is 5.10 Å². The SMILES string of the molecule is Cc1ccc(C=NNC(=O)c2ccc(S(N)(=O)=O)cc2)s1. The summed E-state index contributed by atoms with van der Waals surface area (Å²) in [5.74, 6) is -0.430. The number of thiophene rings is 1. The minimum atomic E-state index is -3.76. The third kappa shape index (κ3) is 4.22. The molecule has 1 aromatic heterocycles. The first-order valence-electron chi connectivity index (χ1n) is 5.89. The number of aryl methyl sites for hydroxylation is 1. The molecule has 0 aliphatic heterocycles. The maximum absolute atomic E-state index is 11.8. The van der Waals surface area contributed by atoms with Crippen molar-refractivity contribution in [1.82, 2.24) is 5.43 Å². The molecule has 0 unspecified atom stereocenters. The first-order chi connectivity index (χ1) is 9.86. The lowest BCUT2D eigenvalue weighted by Crippen LogP contribution is -2.18. The van der Waals surface area contributed by atoms with Crippen LogP contribution >= 0.6 is 11.3 Å². The van der Waals surface area contributed by atoms with Gasteiger partial charge in [0.1, 0.15) is 0 Å². The third-order valence-corrected chi connectivity index (χ3v) is 4.43. The molecule has 0 radical (unpaired) electrons. The molecule has 0 aliphatic rings. The molecule has 0 saturated carbocycles. The van der Waals surface area contributed by atoms with Gasteiger partial charge in [-0.1, -0.05) is 0 Å². The van der Waals surface area contributed by atoms with E-state index in [0.717, 1.165) is 9.75 Å². The van der Waals surface area contributed by atoms with E-state index in [2.05, 4.69) is 10.5 Å². The Balaban J connectivity index is 2.02. The van der Waals surface area contributed by atoms with Crippen molar-refractivity contribution in [2.24, 2.45) is 10.2 Å². The zero-order valence-corrected chi connectivity index (χ0v) is 12.7. The summed E-state index contributed by atoms with van der Waals surface area (Å²) in [6.45, 7) is 1.98. The molecule has 0 spiro atoms. The second-order valence-corrected chi connectivity index (χ2v) is 7.10. The summed E-state index contributed by atoms with van der Waals surface area (Å²) in [5.41, 5.74) is 2.66. The Morgan fingerprint density at radius 2 is 1.90 bits per heavy atom. The highest BCUT2D eigenvalue weighted by atomic mass is 32.2. The number of nitrogens with zero attached hydrogens (tertiary/aromatic N) is 1. The average molecular weight is 323 g/mol. The maximum atomic E-state index is 11.8. The highest BCUT2D eigenvalue weighted by molar-refractivity contribution is 7.89. The molecule has 2 aromatic rings. The van der Waals surface area contributed by atoms with E-state index >= 15 is 0 Å². The Morgan fingerprint density at radius 3 is 2.43 bits per heavy atom. The van der Waals surface area contributed by atoms with Gasteiger partial charge in [-0.3, -0.25) is 4.79 Å². The van der Waals surface area contributed by atoms with Crippen LogP contribution in [0.15, 0.2) is 46.4 Å². The average Bonchev–Trinajstić information content (AvgIpc) is 2.83. The Labute approximate surface area is 126 Å². The van der Waals surface area contributed by atoms with Crippen LogP contribution in [0, 0.1) is 6.92 Å². The molecule has 0 atom stereocenters. The molecular weight excluding hydrogens is 310 g/mol. The lowest BCUT2D eigenvalue weighted by molar-refractivity contribution is 0.0955. The fraction of sp³-hybridized carbons (Fsp3) is 0.0769. The summed E-state index contributed by atoms with van der Waals surface area (Å²) >= 11 is 1.56. The molecule has 110 valence electrons. The fourth-order valence-corrected chi connectivity index (χ4v) is 2.80. The highest BCUT2D eigenvalue weighted by Gasteiger charge is 2.09. The van der Waals surface area contributed by atoms with Gasteiger partial charge in [0.2, 0.25) is 10.0 Å². The van der Waals surface area contributed by atoms with Gasteiger partial charge in [-0.15, -0.1) is 11.3 Å². The van der Waals surface area contributed by atoms with E-state index in [9.17, 15) is 13.2 Å². The van der Waals surface area contributed by atoms with Crippen LogP contribution in [-0.2, 0) is 10.0 Å². The van der Waals surface area contributed by atoms with Crippen molar-refractivity contribution in [3.05, 3.63) is 51.7 Å². The largest absolute Gasteiger partial charge is 0.271 e. The fourth-order valence-electron chi connectivity index (χ4n) is 1.54. The molecular formula is C13H13N3O3S2. The van der Waals surface area contributed by atoms with Gasteiger partial charge < -0.3 is 0 Å². The van der Waals surface area contributed by atoms with Gasteiger partial charge in [-0.25, -0.2) is 19.0 Å². The molecule has 0 aliphatic carbocycles. The molecule has 0 saturated heterocycles. The summed E-state index contributed by atoms with van der Waals surface area (Å²) in [6, 6.07) is 9.16. The van der Waals surface area contributed by atoms with Crippen LogP contribution in [-0.4, -0.2) is 20.5 Å². The summed E-state index contributed by atoms with van der Waals surface area (Å²) in [6.07, 6.45) is 1.55. The van der Waals surface area contributed by atoms with Crippen LogP contribution in [0.1, 0.15) is 20.1 Å². The lowest BCUT2D eigenvalue weighted by atomic mass is 10.2. The summed E-state index contributed by atoms with van der Waals surface area (Å²) in [7, 11) is -3.76. The number of benzene rings is 1. The predicted molar refractivity (Wildman–Crippen MR) is 81.9 cm³/mol. The zero-order chi connectivity index (χ0) is 15.5. The number of primary sulfonamides is 1. The molecule has 2 rings (SSSR count). The Kier molecular flexibility index (Phi) is 4.51. The lowest BCUT2D eigenvalue weighted by Gasteiger charge is -2.01. The first kappa shape index (κ1) is 15.4. The second-order valence-electron chi connectivity index (χ2n) is 4.22. The van der Waals surface area contributed by atoms with E-state index in [1.165, 1.54) is 24.3 Å². The van der Waals surface area contributed by atoms with Crippen molar-refractivity contribution in [3.8, 4) is 0 Å². The number of carbonyl (C=O) groups is 1. The smallest absolute Gasteiger partial charge is 0.267 e. The summed E-state index contributed by atoms with van der Waals surface area (Å²) in [5, 5.41) is 8.82. The number of carbonyl (C=O) groups excluding carboxylic acids is 1. The van der Waals surface area contributed by atoms with Crippen LogP contribution in [0.3, 0.4) is 0 Å². The van der Waals surface area contributed by atoms with Crippen LogP contribution in [0.5, 0.6) is 0 Å². The number of hydrogen-bond acceptors (Lipinski definition) is 5. The monoisotopic (exact) mass is 323 g/mol. The number of rotatable bonds is 4. The summed E-state index contributed by atoms with van der Waals surface area (Å²) < 4.78 is 22.2. The summed E-state index contributed by atoms with van der Waals surface area (Å²) in [4.78, 5) is 13.8. The molecule has 1 aromatic carbocycles. The van der Waals surface area contributed by atoms with Crippen molar-refractivity contribution < 1.29 is 13.2 Å². The van der Waals surface area contributed by atoms with Crippen molar-refractivity contribution in [3.63, 3.8) is 0 Å². The third-order valence-electron chi connectivity index (χ3n) is 2.56. The molecule has 8 heteroatoms. The number of hydrazone groups is 1. The standard InChI is InChI=1S/C13H13N3O3S2/c1-9-2-5-11(20-9)8-15-16-13(17)10-3-6-12(7-4-10)21(14,18)19/h2-8H,1H3,(H,16,17)(H2,14,18,19). The van der Waals surface area contributed by atoms with Gasteiger partial charge in [0.05, 0.1) is 11.1 Å². The van der Waals surface area contributed by atoms with Crippen molar-refractivity contribution in [1.29, 1.82) is 0 Å². The highest BCUT2D eigenvalue weighted by Crippen LogP contribution is 2.12. The van der Waals surface area contributed by atoms with Crippen LogP contribution in [0.4, 0.5) is 0 Å². The normalized spacial score (nSPS) is 11.7. The Bertz CT molecular complexity index is 777. The molecule has 3 N–H and O–H groups in total. The number of nitrogens with one attached hydrogen (secondary N) is 1. The van der Waals surface area contributed by atoms with Gasteiger partial charge in [0.15, 0.2) is 0 Å². The number of amides is 1. The minimum absolute atomic E-state index is 0.0448. The molecule has 21 heavy (non-hydrogen) atoms. The van der Waals surface area contributed by atoms with Crippen LogP contribution < -0.4 is 10.6 Å². The molecule has 1 heterocycles. The molecule has 6 nitrogen and oxygen atoms in total. The van der Waals surface area contributed by atoms with Crippen molar-refractivity contribution in [2.75, 3.05) is 0 Å². The molecule has 1 amide bonds. The Morgan fingerprint density at radius 1 is 1.24 bits per heavy atom. The van der Waals surface area contributed by atoms with E-state index in [-0.39, 0.29) is 4.90 Å². The number of nitrogens with two attached hydrogens (primary N) is 1. The zero-order valence-electron chi connectivity index (χ0n) is 11.1. The topological polar surface area (TPSA) is 102 Å². The van der Waals surface area contributed by atoms with E-state index in [1.54, 1.807) is 17.6 Å². The predicted octanol–water partition coefficient (Wildman–Crippen LogP) is 1.47. The van der Waals surface area contributed by atoms with Crippen LogP contribution in [0.25, 0.3) is 0 Å². The van der Waals surface area contributed by atoms with Gasteiger partial charge in [-0.05, 0) is 43.3 Å². The minimum Gasteiger partial charge on any atom is -0.267 e. The van der Waals surface area contributed by atoms with Gasteiger partial charge >= 0.3 is 0 Å². The Hall–Kier alpha value is -2.03. The number of sulfonamides is 1. The maximum Gasteiger partial charge on any atom is 0.271 e. The molecule has 0 fully saturated rings. The van der Waals surface area contributed by atoms with E-state index < -0.39 is 15.9 Å². The second kappa shape index (κ2) is 6.17. The van der Waals surface area contributed by atoms with Gasteiger partial charge in [0.25, 0.3) is 5.91 Å². The number of hydrogen-bond donors (Lipinski definition) is 2. The van der Waals surface area contributed by atoms with E-state index in [4.69, 9.17) is 5.14 Å². The van der Waals surface area contributed by atoms with E-state index in [1.807, 2.05) is 19.1 Å².